The van der Waals surface area contributed by atoms with Crippen LogP contribution in [0.4, 0.5) is 0 Å². The van der Waals surface area contributed by atoms with Crippen LogP contribution in [-0.4, -0.2) is 29.2 Å². The molecule has 1 fully saturated rings. The first-order valence-corrected chi connectivity index (χ1v) is 8.88. The van der Waals surface area contributed by atoms with E-state index in [1.165, 1.54) is 0 Å². The van der Waals surface area contributed by atoms with Gasteiger partial charge in [0.15, 0.2) is 17.1 Å². The van der Waals surface area contributed by atoms with E-state index in [-0.39, 0.29) is 17.9 Å². The van der Waals surface area contributed by atoms with E-state index >= 15 is 0 Å². The molecule has 4 rings (SSSR count). The summed E-state index contributed by atoms with van der Waals surface area (Å²) in [6.45, 7) is 1.11. The normalized spacial score (nSPS) is 19.4. The van der Waals surface area contributed by atoms with Crippen molar-refractivity contribution in [2.45, 2.75) is 31.9 Å². The van der Waals surface area contributed by atoms with Crippen LogP contribution in [0.5, 0.6) is 0 Å². The Morgan fingerprint density at radius 2 is 2.00 bits per heavy atom. The molecule has 1 unspecified atom stereocenters. The van der Waals surface area contributed by atoms with Crippen molar-refractivity contribution in [3.8, 4) is 0 Å². The van der Waals surface area contributed by atoms with E-state index in [9.17, 15) is 4.79 Å². The third-order valence-corrected chi connectivity index (χ3v) is 4.67. The van der Waals surface area contributed by atoms with E-state index in [0.29, 0.717) is 30.5 Å². The molecule has 5 nitrogen and oxygen atoms in total. The van der Waals surface area contributed by atoms with Gasteiger partial charge in [-0.05, 0) is 42.1 Å². The number of benzene rings is 1. The van der Waals surface area contributed by atoms with E-state index in [2.05, 4.69) is 5.16 Å². The number of oxime groups is 1. The minimum Gasteiger partial charge on any atom is -0.443 e. The summed E-state index contributed by atoms with van der Waals surface area (Å²) in [5.74, 6) is 1.01. The van der Waals surface area contributed by atoms with Crippen molar-refractivity contribution in [1.82, 2.24) is 4.90 Å². The Morgan fingerprint density at radius 3 is 2.68 bits per heavy atom. The monoisotopic (exact) mass is 358 g/mol. The van der Waals surface area contributed by atoms with Crippen LogP contribution in [0.3, 0.4) is 0 Å². The highest BCUT2D eigenvalue weighted by molar-refractivity contribution is 6.29. The smallest absolute Gasteiger partial charge is 0.226 e. The van der Waals surface area contributed by atoms with Gasteiger partial charge in [0.25, 0.3) is 0 Å². The van der Waals surface area contributed by atoms with Gasteiger partial charge in [0.2, 0.25) is 5.91 Å². The third-order valence-electron chi connectivity index (χ3n) is 4.47. The van der Waals surface area contributed by atoms with Gasteiger partial charge < -0.3 is 14.2 Å². The average Bonchev–Trinajstić information content (AvgIpc) is 3.22. The zero-order valence-corrected chi connectivity index (χ0v) is 14.5. The second-order valence-electron chi connectivity index (χ2n) is 6.55. The molecule has 2 aliphatic rings. The van der Waals surface area contributed by atoms with Crippen molar-refractivity contribution in [2.24, 2.45) is 11.1 Å². The highest BCUT2D eigenvalue weighted by atomic mass is 35.5. The van der Waals surface area contributed by atoms with Crippen LogP contribution in [0.1, 0.15) is 30.6 Å². The molecule has 1 aromatic carbocycles. The zero-order valence-electron chi connectivity index (χ0n) is 13.7. The molecule has 1 saturated carbocycles. The lowest BCUT2D eigenvalue weighted by molar-refractivity contribution is -0.135. The summed E-state index contributed by atoms with van der Waals surface area (Å²) in [6, 6.07) is 13.5. The van der Waals surface area contributed by atoms with Crippen LogP contribution < -0.4 is 0 Å². The van der Waals surface area contributed by atoms with E-state index in [4.69, 9.17) is 20.9 Å². The molecule has 0 bridgehead atoms. The number of amides is 1. The van der Waals surface area contributed by atoms with Crippen LogP contribution in [0.15, 0.2) is 52.0 Å². The van der Waals surface area contributed by atoms with Gasteiger partial charge in [-0.3, -0.25) is 4.79 Å². The van der Waals surface area contributed by atoms with Gasteiger partial charge in [0.05, 0.1) is 6.54 Å². The van der Waals surface area contributed by atoms with E-state index in [0.717, 1.165) is 24.1 Å². The Morgan fingerprint density at radius 1 is 1.20 bits per heavy atom. The maximum Gasteiger partial charge on any atom is 0.226 e. The molecule has 2 aromatic rings. The summed E-state index contributed by atoms with van der Waals surface area (Å²) in [4.78, 5) is 20.1. The molecule has 6 heteroatoms. The number of furan rings is 1. The Balaban J connectivity index is 1.41. The molecule has 1 amide bonds. The maximum atomic E-state index is 12.6. The quantitative estimate of drug-likeness (QED) is 0.787. The van der Waals surface area contributed by atoms with Gasteiger partial charge in [0.1, 0.15) is 5.71 Å². The van der Waals surface area contributed by atoms with Crippen molar-refractivity contribution in [3.63, 3.8) is 0 Å². The van der Waals surface area contributed by atoms with Crippen LogP contribution in [0.2, 0.25) is 5.22 Å². The number of halogens is 1. The van der Waals surface area contributed by atoms with Gasteiger partial charge in [-0.1, -0.05) is 35.5 Å². The fourth-order valence-corrected chi connectivity index (χ4v) is 3.16. The van der Waals surface area contributed by atoms with Gasteiger partial charge in [-0.2, -0.15) is 0 Å². The molecule has 1 aromatic heterocycles. The zero-order chi connectivity index (χ0) is 17.2. The van der Waals surface area contributed by atoms with Gasteiger partial charge in [-0.15, -0.1) is 0 Å². The molecular weight excluding hydrogens is 340 g/mol. The largest absolute Gasteiger partial charge is 0.443 e. The second kappa shape index (κ2) is 6.92. The first kappa shape index (κ1) is 16.2. The van der Waals surface area contributed by atoms with Crippen LogP contribution in [0.25, 0.3) is 0 Å². The Labute approximate surface area is 151 Å². The Kier molecular flexibility index (Phi) is 4.49. The van der Waals surface area contributed by atoms with E-state index in [1.807, 2.05) is 35.2 Å². The summed E-state index contributed by atoms with van der Waals surface area (Å²) in [5.41, 5.74) is 1.85. The summed E-state index contributed by atoms with van der Waals surface area (Å²) in [5, 5.41) is 4.44. The predicted octanol–water partition coefficient (Wildman–Crippen LogP) is 3.86. The van der Waals surface area contributed by atoms with Gasteiger partial charge in [0, 0.05) is 18.9 Å². The number of hydrogen-bond acceptors (Lipinski definition) is 4. The standard InChI is InChI=1S/C19H19ClN2O3/c20-18-9-8-17(24-18)16-10-15(25-21-16)12-22(19(23)14-6-7-14)11-13-4-2-1-3-5-13/h1-5,8-9,14-15H,6-7,10-12H2. The molecule has 130 valence electrons. The molecule has 0 saturated heterocycles. The molecule has 25 heavy (non-hydrogen) atoms. The lowest BCUT2D eigenvalue weighted by Gasteiger charge is -2.25. The van der Waals surface area contributed by atoms with Crippen LogP contribution in [-0.2, 0) is 16.2 Å². The molecule has 1 aliphatic carbocycles. The summed E-state index contributed by atoms with van der Waals surface area (Å²) >= 11 is 5.82. The summed E-state index contributed by atoms with van der Waals surface area (Å²) in [6.07, 6.45) is 2.42. The first-order chi connectivity index (χ1) is 12.2. The van der Waals surface area contributed by atoms with Crippen molar-refractivity contribution in [2.75, 3.05) is 6.54 Å². The van der Waals surface area contributed by atoms with Crippen LogP contribution in [0, 0.1) is 5.92 Å². The number of nitrogens with zero attached hydrogens (tertiary/aromatic N) is 2. The highest BCUT2D eigenvalue weighted by Crippen LogP contribution is 2.32. The number of hydrogen-bond donors (Lipinski definition) is 0. The van der Waals surface area contributed by atoms with E-state index < -0.39 is 0 Å². The molecular formula is C19H19ClN2O3. The third kappa shape index (κ3) is 3.87. The van der Waals surface area contributed by atoms with Crippen molar-refractivity contribution < 1.29 is 14.0 Å². The lowest BCUT2D eigenvalue weighted by Crippen LogP contribution is -2.38. The van der Waals surface area contributed by atoms with Crippen molar-refractivity contribution in [3.05, 3.63) is 59.0 Å². The average molecular weight is 359 g/mol. The minimum atomic E-state index is -0.162. The fourth-order valence-electron chi connectivity index (χ4n) is 3.01. The minimum absolute atomic E-state index is 0.162. The molecule has 0 N–H and O–H groups in total. The molecule has 1 atom stereocenters. The van der Waals surface area contributed by atoms with Gasteiger partial charge >= 0.3 is 0 Å². The van der Waals surface area contributed by atoms with Crippen molar-refractivity contribution >= 4 is 23.2 Å². The predicted molar refractivity (Wildman–Crippen MR) is 94.3 cm³/mol. The number of carbonyl (C=O) groups excluding carboxylic acids is 1. The lowest BCUT2D eigenvalue weighted by atomic mass is 10.1. The summed E-state index contributed by atoms with van der Waals surface area (Å²) in [7, 11) is 0. The number of carbonyl (C=O) groups is 1. The maximum absolute atomic E-state index is 12.6. The first-order valence-electron chi connectivity index (χ1n) is 8.50. The Bertz CT molecular complexity index is 783. The Hall–Kier alpha value is -2.27. The second-order valence-corrected chi connectivity index (χ2v) is 6.92. The highest BCUT2D eigenvalue weighted by Gasteiger charge is 2.36. The van der Waals surface area contributed by atoms with E-state index in [1.54, 1.807) is 12.1 Å². The molecule has 0 spiro atoms. The molecule has 1 aliphatic heterocycles. The fraction of sp³-hybridized carbons (Fsp3) is 0.368. The van der Waals surface area contributed by atoms with Crippen molar-refractivity contribution in [1.29, 1.82) is 0 Å². The van der Waals surface area contributed by atoms with Crippen LogP contribution >= 0.6 is 11.6 Å². The SMILES string of the molecule is O=C(C1CC1)N(Cc1ccccc1)CC1CC(c2ccc(Cl)o2)=NO1. The topological polar surface area (TPSA) is 55.0 Å². The summed E-state index contributed by atoms with van der Waals surface area (Å²) < 4.78 is 5.39. The number of rotatable bonds is 6. The molecule has 2 heterocycles. The van der Waals surface area contributed by atoms with Gasteiger partial charge in [-0.25, -0.2) is 0 Å². The molecule has 0 radical (unpaired) electrons.